The van der Waals surface area contributed by atoms with Crippen molar-refractivity contribution >= 4 is 16.8 Å². The first kappa shape index (κ1) is 18.7. The number of carbonyl (C=O) groups excluding carboxylic acids is 1. The predicted octanol–water partition coefficient (Wildman–Crippen LogP) is 4.27. The fraction of sp³-hybridized carbons (Fsp3) is 0.273. The van der Waals surface area contributed by atoms with Gasteiger partial charge in [-0.05, 0) is 43.2 Å². The minimum Gasteiger partial charge on any atom is -0.493 e. The van der Waals surface area contributed by atoms with Gasteiger partial charge in [0.2, 0.25) is 0 Å². The van der Waals surface area contributed by atoms with Crippen molar-refractivity contribution in [3.8, 4) is 11.5 Å². The maximum absolute atomic E-state index is 12.8. The van der Waals surface area contributed by atoms with Gasteiger partial charge in [0.15, 0.2) is 11.5 Å². The average Bonchev–Trinajstić information content (AvgIpc) is 2.69. The van der Waals surface area contributed by atoms with E-state index in [1.807, 2.05) is 55.5 Å². The molecular formula is C22H24N2O3. The van der Waals surface area contributed by atoms with Gasteiger partial charge < -0.3 is 14.8 Å². The van der Waals surface area contributed by atoms with Crippen LogP contribution in [0.1, 0.15) is 35.0 Å². The lowest BCUT2D eigenvalue weighted by Gasteiger charge is -2.13. The lowest BCUT2D eigenvalue weighted by atomic mass is 10.1. The van der Waals surface area contributed by atoms with Gasteiger partial charge in [-0.15, -0.1) is 0 Å². The largest absolute Gasteiger partial charge is 0.493 e. The molecule has 2 aromatic carbocycles. The standard InChI is InChI=1S/C22H24N2O3/c1-4-11-27-20-10-9-16(13-21(20)26-3)14-23-22(25)18-12-15(2)24-19-8-6-5-7-17(18)19/h5-10,12-13H,4,11,14H2,1-3H3,(H,23,25). The molecule has 140 valence electrons. The minimum atomic E-state index is -0.123. The number of fused-ring (bicyclic) bond motifs is 1. The van der Waals surface area contributed by atoms with E-state index in [0.717, 1.165) is 28.6 Å². The molecule has 1 aromatic heterocycles. The monoisotopic (exact) mass is 364 g/mol. The van der Waals surface area contributed by atoms with Crippen LogP contribution in [-0.2, 0) is 6.54 Å². The van der Waals surface area contributed by atoms with Crippen LogP contribution < -0.4 is 14.8 Å². The molecule has 3 rings (SSSR count). The lowest BCUT2D eigenvalue weighted by Crippen LogP contribution is -2.23. The topological polar surface area (TPSA) is 60.5 Å². The van der Waals surface area contributed by atoms with Crippen molar-refractivity contribution in [2.45, 2.75) is 26.8 Å². The molecule has 1 N–H and O–H groups in total. The fourth-order valence-corrected chi connectivity index (χ4v) is 2.93. The number of carbonyl (C=O) groups is 1. The Hall–Kier alpha value is -3.08. The number of nitrogens with zero attached hydrogens (tertiary/aromatic N) is 1. The zero-order valence-electron chi connectivity index (χ0n) is 15.9. The quantitative estimate of drug-likeness (QED) is 0.680. The van der Waals surface area contributed by atoms with Crippen molar-refractivity contribution in [3.05, 3.63) is 65.4 Å². The molecule has 0 aliphatic rings. The van der Waals surface area contributed by atoms with Crippen LogP contribution in [0.25, 0.3) is 10.9 Å². The predicted molar refractivity (Wildman–Crippen MR) is 106 cm³/mol. The summed E-state index contributed by atoms with van der Waals surface area (Å²) in [6.07, 6.45) is 0.931. The van der Waals surface area contributed by atoms with Gasteiger partial charge in [0.25, 0.3) is 5.91 Å². The Morgan fingerprint density at radius 2 is 1.93 bits per heavy atom. The molecule has 0 aliphatic carbocycles. The molecule has 5 nitrogen and oxygen atoms in total. The average molecular weight is 364 g/mol. The van der Waals surface area contributed by atoms with Crippen molar-refractivity contribution in [2.75, 3.05) is 13.7 Å². The van der Waals surface area contributed by atoms with E-state index in [-0.39, 0.29) is 5.91 Å². The summed E-state index contributed by atoms with van der Waals surface area (Å²) in [6.45, 7) is 4.99. The van der Waals surface area contributed by atoms with E-state index >= 15 is 0 Å². The van der Waals surface area contributed by atoms with Crippen LogP contribution in [0.2, 0.25) is 0 Å². The first-order chi connectivity index (χ1) is 13.1. The summed E-state index contributed by atoms with van der Waals surface area (Å²) in [5.74, 6) is 1.26. The summed E-state index contributed by atoms with van der Waals surface area (Å²) < 4.78 is 11.1. The highest BCUT2D eigenvalue weighted by Crippen LogP contribution is 2.28. The molecule has 1 amide bonds. The van der Waals surface area contributed by atoms with Gasteiger partial charge in [-0.2, -0.15) is 0 Å². The minimum absolute atomic E-state index is 0.123. The first-order valence-corrected chi connectivity index (χ1v) is 9.06. The molecule has 0 bridgehead atoms. The zero-order valence-corrected chi connectivity index (χ0v) is 15.9. The maximum atomic E-state index is 12.8. The zero-order chi connectivity index (χ0) is 19.2. The molecule has 0 unspecified atom stereocenters. The highest BCUT2D eigenvalue weighted by atomic mass is 16.5. The molecule has 3 aromatic rings. The van der Waals surface area contributed by atoms with E-state index < -0.39 is 0 Å². The van der Waals surface area contributed by atoms with Gasteiger partial charge in [0, 0.05) is 17.6 Å². The van der Waals surface area contributed by atoms with E-state index in [9.17, 15) is 4.79 Å². The third-order valence-corrected chi connectivity index (χ3v) is 4.23. The Morgan fingerprint density at radius 3 is 2.70 bits per heavy atom. The van der Waals surface area contributed by atoms with E-state index in [4.69, 9.17) is 9.47 Å². The summed E-state index contributed by atoms with van der Waals surface area (Å²) in [4.78, 5) is 17.2. The second-order valence-electron chi connectivity index (χ2n) is 6.34. The third-order valence-electron chi connectivity index (χ3n) is 4.23. The van der Waals surface area contributed by atoms with Crippen LogP contribution in [-0.4, -0.2) is 24.6 Å². The number of amides is 1. The molecule has 5 heteroatoms. The number of hydrogen-bond donors (Lipinski definition) is 1. The van der Waals surface area contributed by atoms with Crippen molar-refractivity contribution < 1.29 is 14.3 Å². The number of hydrogen-bond acceptors (Lipinski definition) is 4. The summed E-state index contributed by atoms with van der Waals surface area (Å²) in [6, 6.07) is 15.2. The Bertz CT molecular complexity index is 953. The van der Waals surface area contributed by atoms with Crippen LogP contribution in [0, 0.1) is 6.92 Å². The summed E-state index contributed by atoms with van der Waals surface area (Å²) >= 11 is 0. The van der Waals surface area contributed by atoms with E-state index in [2.05, 4.69) is 17.2 Å². The molecular weight excluding hydrogens is 340 g/mol. The van der Waals surface area contributed by atoms with Gasteiger partial charge in [-0.25, -0.2) is 0 Å². The molecule has 0 fully saturated rings. The Labute approximate surface area is 159 Å². The Kier molecular flexibility index (Phi) is 5.91. The molecule has 0 saturated carbocycles. The van der Waals surface area contributed by atoms with Gasteiger partial charge >= 0.3 is 0 Å². The number of pyridine rings is 1. The highest BCUT2D eigenvalue weighted by molar-refractivity contribution is 6.06. The molecule has 0 aliphatic heterocycles. The van der Waals surface area contributed by atoms with E-state index in [1.54, 1.807) is 7.11 Å². The number of nitrogens with one attached hydrogen (secondary N) is 1. The Morgan fingerprint density at radius 1 is 1.11 bits per heavy atom. The number of ether oxygens (including phenoxy) is 2. The Balaban J connectivity index is 1.76. The number of aryl methyl sites for hydroxylation is 1. The summed E-state index contributed by atoms with van der Waals surface area (Å²) in [7, 11) is 1.61. The summed E-state index contributed by atoms with van der Waals surface area (Å²) in [5.41, 5.74) is 3.21. The highest BCUT2D eigenvalue weighted by Gasteiger charge is 2.12. The first-order valence-electron chi connectivity index (χ1n) is 9.06. The van der Waals surface area contributed by atoms with Crippen molar-refractivity contribution in [2.24, 2.45) is 0 Å². The van der Waals surface area contributed by atoms with Crippen LogP contribution >= 0.6 is 0 Å². The second kappa shape index (κ2) is 8.54. The van der Waals surface area contributed by atoms with Crippen LogP contribution in [0.15, 0.2) is 48.5 Å². The number of para-hydroxylation sites is 1. The molecule has 0 saturated heterocycles. The van der Waals surface area contributed by atoms with Gasteiger partial charge in [-0.1, -0.05) is 31.2 Å². The normalized spacial score (nSPS) is 10.6. The second-order valence-corrected chi connectivity index (χ2v) is 6.34. The molecule has 1 heterocycles. The van der Waals surface area contributed by atoms with Gasteiger partial charge in [0.1, 0.15) is 0 Å². The maximum Gasteiger partial charge on any atom is 0.252 e. The summed E-state index contributed by atoms with van der Waals surface area (Å²) in [5, 5.41) is 3.83. The van der Waals surface area contributed by atoms with Gasteiger partial charge in [-0.3, -0.25) is 9.78 Å². The SMILES string of the molecule is CCCOc1ccc(CNC(=O)c2cc(C)nc3ccccc23)cc1OC. The van der Waals surface area contributed by atoms with E-state index in [0.29, 0.717) is 30.2 Å². The molecule has 0 radical (unpaired) electrons. The van der Waals surface area contributed by atoms with Crippen molar-refractivity contribution in [1.82, 2.24) is 10.3 Å². The number of rotatable bonds is 7. The smallest absolute Gasteiger partial charge is 0.252 e. The number of methoxy groups -OCH3 is 1. The van der Waals surface area contributed by atoms with Gasteiger partial charge in [0.05, 0.1) is 24.8 Å². The molecule has 0 atom stereocenters. The third kappa shape index (κ3) is 4.37. The van der Waals surface area contributed by atoms with Crippen LogP contribution in [0.3, 0.4) is 0 Å². The number of aromatic nitrogens is 1. The molecule has 0 spiro atoms. The fourth-order valence-electron chi connectivity index (χ4n) is 2.93. The van der Waals surface area contributed by atoms with Crippen molar-refractivity contribution in [3.63, 3.8) is 0 Å². The molecule has 27 heavy (non-hydrogen) atoms. The van der Waals surface area contributed by atoms with Crippen LogP contribution in [0.5, 0.6) is 11.5 Å². The van der Waals surface area contributed by atoms with Crippen LogP contribution in [0.4, 0.5) is 0 Å². The van der Waals surface area contributed by atoms with Crippen molar-refractivity contribution in [1.29, 1.82) is 0 Å². The van der Waals surface area contributed by atoms with E-state index in [1.165, 1.54) is 0 Å². The number of benzene rings is 2. The lowest BCUT2D eigenvalue weighted by molar-refractivity contribution is 0.0952.